The number of fused-ring (bicyclic) bond motifs is 1. The Balaban J connectivity index is 1.92. The summed E-state index contributed by atoms with van der Waals surface area (Å²) in [6.07, 6.45) is -0.938. The molecule has 1 aromatic carbocycles. The molecule has 0 N–H and O–H groups in total. The number of carbonyl (C=O) groups is 1. The van der Waals surface area contributed by atoms with Gasteiger partial charge in [-0.05, 0) is 37.1 Å². The first-order valence-corrected chi connectivity index (χ1v) is 8.85. The summed E-state index contributed by atoms with van der Waals surface area (Å²) >= 11 is 1.09. The maximum absolute atomic E-state index is 13.2. The number of halogens is 3. The molecule has 0 bridgehead atoms. The van der Waals surface area contributed by atoms with E-state index in [-0.39, 0.29) is 23.0 Å². The van der Waals surface area contributed by atoms with Gasteiger partial charge in [0.2, 0.25) is 11.0 Å². The highest BCUT2D eigenvalue weighted by atomic mass is 32.1. The van der Waals surface area contributed by atoms with Gasteiger partial charge in [-0.2, -0.15) is 23.3 Å². The summed E-state index contributed by atoms with van der Waals surface area (Å²) < 4.78 is 51.2. The number of nitrogens with zero attached hydrogens (tertiary/aromatic N) is 3. The molecule has 140 valence electrons. The number of rotatable bonds is 4. The summed E-state index contributed by atoms with van der Waals surface area (Å²) in [6, 6.07) is 3.42. The molecule has 1 aliphatic rings. The van der Waals surface area contributed by atoms with Gasteiger partial charge < -0.3 is 9.47 Å². The molecule has 0 saturated heterocycles. The fourth-order valence-electron chi connectivity index (χ4n) is 2.79. The van der Waals surface area contributed by atoms with E-state index < -0.39 is 11.7 Å². The van der Waals surface area contributed by atoms with Crippen LogP contribution in [0.1, 0.15) is 24.1 Å². The Kier molecular flexibility index (Phi) is 4.34. The Morgan fingerprint density at radius 1 is 1.33 bits per heavy atom. The van der Waals surface area contributed by atoms with E-state index in [0.29, 0.717) is 23.4 Å². The van der Waals surface area contributed by atoms with Crippen molar-refractivity contribution in [3.05, 3.63) is 40.9 Å². The zero-order chi connectivity index (χ0) is 19.0. The highest BCUT2D eigenvalue weighted by molar-refractivity contribution is 7.12. The van der Waals surface area contributed by atoms with E-state index in [0.717, 1.165) is 36.3 Å². The second-order valence-electron chi connectivity index (χ2n) is 5.73. The molecule has 27 heavy (non-hydrogen) atoms. The third-order valence-electron chi connectivity index (χ3n) is 4.00. The van der Waals surface area contributed by atoms with Crippen molar-refractivity contribution < 1.29 is 27.4 Å². The van der Waals surface area contributed by atoms with E-state index >= 15 is 0 Å². The molecule has 2 aromatic heterocycles. The van der Waals surface area contributed by atoms with Crippen molar-refractivity contribution in [3.8, 4) is 11.0 Å². The molecule has 0 radical (unpaired) electrons. The van der Waals surface area contributed by atoms with Crippen LogP contribution >= 0.6 is 11.3 Å². The summed E-state index contributed by atoms with van der Waals surface area (Å²) in [7, 11) is 0. The SMILES string of the molecule is O=COc1csc(-n2nc(C3=CCCCO3)c3ccc(C(F)(F)F)cc32)n1. The van der Waals surface area contributed by atoms with Crippen LogP contribution in [0.5, 0.6) is 5.88 Å². The van der Waals surface area contributed by atoms with Crippen molar-refractivity contribution in [2.45, 2.75) is 19.0 Å². The van der Waals surface area contributed by atoms with Crippen molar-refractivity contribution >= 4 is 34.5 Å². The van der Waals surface area contributed by atoms with Crippen molar-refractivity contribution in [1.82, 2.24) is 14.8 Å². The number of benzene rings is 1. The largest absolute Gasteiger partial charge is 0.492 e. The summed E-state index contributed by atoms with van der Waals surface area (Å²) in [5, 5.41) is 6.71. The molecule has 10 heteroatoms. The van der Waals surface area contributed by atoms with E-state index in [2.05, 4.69) is 14.8 Å². The smallest absolute Gasteiger partial charge is 0.416 e. The molecular weight excluding hydrogens is 383 g/mol. The monoisotopic (exact) mass is 395 g/mol. The zero-order valence-electron chi connectivity index (χ0n) is 13.7. The van der Waals surface area contributed by atoms with Crippen LogP contribution in [0.4, 0.5) is 13.2 Å². The van der Waals surface area contributed by atoms with Crippen molar-refractivity contribution in [2.24, 2.45) is 0 Å². The molecular formula is C17H12F3N3O3S. The molecule has 4 rings (SSSR count). The highest BCUT2D eigenvalue weighted by Crippen LogP contribution is 2.36. The average molecular weight is 395 g/mol. The molecule has 0 atom stereocenters. The van der Waals surface area contributed by atoms with Gasteiger partial charge in [-0.15, -0.1) is 0 Å². The number of alkyl halides is 3. The lowest BCUT2D eigenvalue weighted by atomic mass is 10.1. The lowest BCUT2D eigenvalue weighted by molar-refractivity contribution is -0.137. The summed E-state index contributed by atoms with van der Waals surface area (Å²) in [6.45, 7) is 0.753. The minimum Gasteiger partial charge on any atom is -0.492 e. The van der Waals surface area contributed by atoms with Gasteiger partial charge in [-0.1, -0.05) is 11.3 Å². The van der Waals surface area contributed by atoms with Crippen molar-refractivity contribution in [3.63, 3.8) is 0 Å². The Morgan fingerprint density at radius 2 is 2.19 bits per heavy atom. The Labute approximate surface area is 154 Å². The summed E-state index contributed by atoms with van der Waals surface area (Å²) in [5.41, 5.74) is -0.101. The number of ether oxygens (including phenoxy) is 2. The van der Waals surface area contributed by atoms with Crippen LogP contribution in [0.2, 0.25) is 0 Å². The van der Waals surface area contributed by atoms with E-state index in [1.165, 1.54) is 16.1 Å². The molecule has 3 aromatic rings. The Hall–Kier alpha value is -2.88. The lowest BCUT2D eigenvalue weighted by Crippen LogP contribution is -2.05. The van der Waals surface area contributed by atoms with Crippen molar-refractivity contribution in [2.75, 3.05) is 6.61 Å². The number of thiazole rings is 1. The van der Waals surface area contributed by atoms with Gasteiger partial charge in [-0.3, -0.25) is 4.79 Å². The van der Waals surface area contributed by atoms with Crippen LogP contribution < -0.4 is 4.74 Å². The van der Waals surface area contributed by atoms with Gasteiger partial charge in [-0.25, -0.2) is 4.68 Å². The van der Waals surface area contributed by atoms with E-state index in [1.54, 1.807) is 0 Å². The minimum absolute atomic E-state index is 0.0512. The molecule has 0 saturated carbocycles. The van der Waals surface area contributed by atoms with E-state index in [4.69, 9.17) is 4.74 Å². The topological polar surface area (TPSA) is 66.2 Å². The zero-order valence-corrected chi connectivity index (χ0v) is 14.5. The predicted octanol–water partition coefficient (Wildman–Crippen LogP) is 4.19. The van der Waals surface area contributed by atoms with Crippen LogP contribution in [0.3, 0.4) is 0 Å². The molecule has 1 aliphatic heterocycles. The first-order chi connectivity index (χ1) is 13.0. The van der Waals surface area contributed by atoms with Gasteiger partial charge >= 0.3 is 6.18 Å². The van der Waals surface area contributed by atoms with Gasteiger partial charge in [0.1, 0.15) is 11.5 Å². The average Bonchev–Trinajstić information content (AvgIpc) is 3.26. The van der Waals surface area contributed by atoms with Crippen LogP contribution in [0.25, 0.3) is 21.8 Å². The normalized spacial score (nSPS) is 14.7. The standard InChI is InChI=1S/C17H12F3N3O3S/c18-17(19,20)10-4-5-11-12(7-10)23(16-21-14(8-27-16)26-9-24)22-15(11)13-3-1-2-6-25-13/h3-5,7-9H,1-2,6H2. The lowest BCUT2D eigenvalue weighted by Gasteiger charge is -2.13. The second-order valence-corrected chi connectivity index (χ2v) is 6.57. The van der Waals surface area contributed by atoms with Crippen LogP contribution in [0, 0.1) is 0 Å². The molecule has 0 spiro atoms. The number of aromatic nitrogens is 3. The third-order valence-corrected chi connectivity index (χ3v) is 4.79. The van der Waals surface area contributed by atoms with Crippen molar-refractivity contribution in [1.29, 1.82) is 0 Å². The first kappa shape index (κ1) is 17.5. The first-order valence-electron chi connectivity index (χ1n) is 7.97. The molecule has 3 heterocycles. The van der Waals surface area contributed by atoms with Gasteiger partial charge in [0.05, 0.1) is 23.1 Å². The number of allylic oxidation sites excluding steroid dienone is 1. The van der Waals surface area contributed by atoms with Crippen LogP contribution in [-0.4, -0.2) is 27.8 Å². The number of carbonyl (C=O) groups excluding carboxylic acids is 1. The van der Waals surface area contributed by atoms with Crippen LogP contribution in [0.15, 0.2) is 29.7 Å². The number of hydrogen-bond donors (Lipinski definition) is 0. The second kappa shape index (κ2) is 6.69. The Bertz CT molecular complexity index is 1040. The summed E-state index contributed by atoms with van der Waals surface area (Å²) in [5.74, 6) is 0.584. The minimum atomic E-state index is -4.49. The molecule has 0 unspecified atom stereocenters. The number of hydrogen-bond acceptors (Lipinski definition) is 6. The third kappa shape index (κ3) is 3.27. The Morgan fingerprint density at radius 3 is 2.89 bits per heavy atom. The van der Waals surface area contributed by atoms with Gasteiger partial charge in [0, 0.05) is 5.39 Å². The fourth-order valence-corrected chi connectivity index (χ4v) is 3.49. The maximum Gasteiger partial charge on any atom is 0.416 e. The quantitative estimate of drug-likeness (QED) is 0.620. The fraction of sp³-hybridized carbons (Fsp3) is 0.235. The van der Waals surface area contributed by atoms with E-state index in [9.17, 15) is 18.0 Å². The van der Waals surface area contributed by atoms with Crippen LogP contribution in [-0.2, 0) is 15.7 Å². The highest BCUT2D eigenvalue weighted by Gasteiger charge is 2.32. The van der Waals surface area contributed by atoms with Gasteiger partial charge in [0.15, 0.2) is 0 Å². The molecule has 6 nitrogen and oxygen atoms in total. The van der Waals surface area contributed by atoms with E-state index in [1.807, 2.05) is 6.08 Å². The predicted molar refractivity (Wildman–Crippen MR) is 91.6 cm³/mol. The van der Waals surface area contributed by atoms with Gasteiger partial charge in [0.25, 0.3) is 6.47 Å². The maximum atomic E-state index is 13.2. The summed E-state index contributed by atoms with van der Waals surface area (Å²) in [4.78, 5) is 14.6. The molecule has 0 amide bonds. The molecule has 0 fully saturated rings. The molecule has 0 aliphatic carbocycles.